The van der Waals surface area contributed by atoms with Crippen molar-refractivity contribution >= 4 is 28.6 Å². The predicted molar refractivity (Wildman–Crippen MR) is 152 cm³/mol. The summed E-state index contributed by atoms with van der Waals surface area (Å²) in [7, 11) is 0. The first-order valence-electron chi connectivity index (χ1n) is 14.3. The molecule has 2 aliphatic carbocycles. The topological polar surface area (TPSA) is 86.5 Å². The lowest BCUT2D eigenvalue weighted by Gasteiger charge is -2.30. The van der Waals surface area contributed by atoms with Crippen LogP contribution in [-0.2, 0) is 17.9 Å². The molecule has 1 saturated heterocycles. The molecule has 3 heterocycles. The predicted octanol–water partition coefficient (Wildman–Crippen LogP) is 7.12. The number of carboxylic acids is 1. The zero-order chi connectivity index (χ0) is 28.1. The van der Waals surface area contributed by atoms with Gasteiger partial charge in [0, 0.05) is 40.8 Å². The number of carbonyl (C=O) groups is 1. The number of ether oxygens (including phenoxy) is 2. The molecule has 2 saturated carbocycles. The van der Waals surface area contributed by atoms with E-state index in [4.69, 9.17) is 31.0 Å². The average molecular weight is 576 g/mol. The summed E-state index contributed by atoms with van der Waals surface area (Å²) < 4.78 is 28.0. The fourth-order valence-electron chi connectivity index (χ4n) is 6.65. The second-order valence-electron chi connectivity index (χ2n) is 11.7. The van der Waals surface area contributed by atoms with Crippen LogP contribution in [0.5, 0.6) is 5.88 Å². The molecule has 3 fully saturated rings. The third kappa shape index (κ3) is 5.08. The Kier molecular flexibility index (Phi) is 6.70. The highest BCUT2D eigenvalue weighted by Crippen LogP contribution is 2.67. The van der Waals surface area contributed by atoms with Crippen LogP contribution >= 0.6 is 11.6 Å². The Bertz CT molecular complexity index is 1630. The molecule has 1 aliphatic heterocycles. The van der Waals surface area contributed by atoms with E-state index in [0.717, 1.165) is 67.7 Å². The highest BCUT2D eigenvalue weighted by atomic mass is 35.5. The Hall–Kier alpha value is -3.49. The van der Waals surface area contributed by atoms with E-state index >= 15 is 0 Å². The minimum Gasteiger partial charge on any atom is -0.478 e. The Labute approximate surface area is 242 Å². The molecule has 1 spiro atoms. The van der Waals surface area contributed by atoms with Gasteiger partial charge in [-0.15, -0.1) is 0 Å². The Morgan fingerprint density at radius 2 is 1.95 bits per heavy atom. The molecule has 1 unspecified atom stereocenters. The van der Waals surface area contributed by atoms with Crippen molar-refractivity contribution in [1.29, 1.82) is 0 Å². The van der Waals surface area contributed by atoms with E-state index in [1.165, 1.54) is 6.07 Å². The zero-order valence-corrected chi connectivity index (χ0v) is 23.3. The van der Waals surface area contributed by atoms with Crippen LogP contribution in [0.15, 0.2) is 54.6 Å². The summed E-state index contributed by atoms with van der Waals surface area (Å²) in [6.45, 7) is 1.58. The minimum atomic E-state index is -0.928. The van der Waals surface area contributed by atoms with E-state index in [1.807, 2.05) is 18.2 Å². The van der Waals surface area contributed by atoms with Gasteiger partial charge in [0.15, 0.2) is 0 Å². The van der Waals surface area contributed by atoms with E-state index < -0.39 is 5.97 Å². The Morgan fingerprint density at radius 3 is 2.68 bits per heavy atom. The summed E-state index contributed by atoms with van der Waals surface area (Å²) in [5, 5.41) is 9.91. The molecule has 2 atom stereocenters. The molecule has 41 heavy (non-hydrogen) atoms. The number of aromatic nitrogens is 3. The van der Waals surface area contributed by atoms with Crippen LogP contribution in [0, 0.1) is 11.2 Å². The van der Waals surface area contributed by atoms with Gasteiger partial charge in [0.25, 0.3) is 0 Å². The molecule has 7 nitrogen and oxygen atoms in total. The SMILES string of the molecule is O=C(O)c1ccc2nc(C3CC34CCC(c3cccc(OCc5ccc(Cl)cc5F)n3)CC4)n(C[C@@H]3CCO3)c2c1. The summed E-state index contributed by atoms with van der Waals surface area (Å²) in [6, 6.07) is 15.6. The normalized spacial score (nSPS) is 25.3. The van der Waals surface area contributed by atoms with Crippen molar-refractivity contribution in [3.8, 4) is 5.88 Å². The van der Waals surface area contributed by atoms with E-state index in [-0.39, 0.29) is 29.5 Å². The number of nitrogens with zero attached hydrogens (tertiary/aromatic N) is 3. The van der Waals surface area contributed by atoms with E-state index in [2.05, 4.69) is 10.6 Å². The number of carboxylic acid groups (broad SMARTS) is 1. The molecule has 1 N–H and O–H groups in total. The minimum absolute atomic E-state index is 0.0930. The van der Waals surface area contributed by atoms with Gasteiger partial charge >= 0.3 is 5.97 Å². The molecule has 3 aliphatic rings. The lowest BCUT2D eigenvalue weighted by molar-refractivity contribution is -0.0590. The van der Waals surface area contributed by atoms with Crippen molar-refractivity contribution in [3.05, 3.63) is 88.1 Å². The number of rotatable bonds is 8. The number of halogens is 2. The summed E-state index contributed by atoms with van der Waals surface area (Å²) in [6.07, 6.45) is 6.52. The van der Waals surface area contributed by atoms with Gasteiger partial charge in [-0.25, -0.2) is 19.2 Å². The smallest absolute Gasteiger partial charge is 0.335 e. The third-order valence-electron chi connectivity index (χ3n) is 9.24. The average Bonchev–Trinajstić information content (AvgIpc) is 3.51. The van der Waals surface area contributed by atoms with Gasteiger partial charge in [0.2, 0.25) is 5.88 Å². The quantitative estimate of drug-likeness (QED) is 0.241. The highest BCUT2D eigenvalue weighted by molar-refractivity contribution is 6.30. The van der Waals surface area contributed by atoms with Crippen LogP contribution in [0.1, 0.15) is 77.8 Å². The first kappa shape index (κ1) is 26.4. The van der Waals surface area contributed by atoms with E-state index in [9.17, 15) is 14.3 Å². The summed E-state index contributed by atoms with van der Waals surface area (Å²) in [5.41, 5.74) is 3.69. The van der Waals surface area contributed by atoms with E-state index in [1.54, 1.807) is 24.3 Å². The maximum Gasteiger partial charge on any atom is 0.335 e. The molecule has 2 aromatic heterocycles. The monoisotopic (exact) mass is 575 g/mol. The number of hydrogen-bond donors (Lipinski definition) is 1. The van der Waals surface area contributed by atoms with Crippen LogP contribution < -0.4 is 4.74 Å². The number of pyridine rings is 1. The zero-order valence-electron chi connectivity index (χ0n) is 22.6. The Balaban J connectivity index is 1.05. The van der Waals surface area contributed by atoms with Gasteiger partial charge < -0.3 is 19.1 Å². The van der Waals surface area contributed by atoms with E-state index in [0.29, 0.717) is 34.8 Å². The van der Waals surface area contributed by atoms with Gasteiger partial charge in [0.1, 0.15) is 18.2 Å². The fourth-order valence-corrected chi connectivity index (χ4v) is 6.81. The highest BCUT2D eigenvalue weighted by Gasteiger charge is 2.57. The molecule has 0 radical (unpaired) electrons. The van der Waals surface area contributed by atoms with Crippen LogP contribution in [-0.4, -0.2) is 38.3 Å². The van der Waals surface area contributed by atoms with Crippen molar-refractivity contribution in [2.24, 2.45) is 5.41 Å². The van der Waals surface area contributed by atoms with Crippen molar-refractivity contribution < 1.29 is 23.8 Å². The number of fused-ring (bicyclic) bond motifs is 1. The first-order chi connectivity index (χ1) is 19.9. The molecule has 212 valence electrons. The van der Waals surface area contributed by atoms with Gasteiger partial charge in [0.05, 0.1) is 29.2 Å². The molecule has 4 aromatic rings. The van der Waals surface area contributed by atoms with Crippen molar-refractivity contribution in [3.63, 3.8) is 0 Å². The standard InChI is InChI=1S/C32H31ClFN3O4/c33-22-6-4-21(25(34)15-22)18-41-29-3-1-2-26(35-29)19-8-11-32(12-9-19)16-24(32)30-36-27-7-5-20(31(38)39)14-28(27)37(30)17-23-10-13-40-23/h1-7,14-15,19,23-24H,8-13,16-18H2,(H,38,39)/t19?,23-,24?,32?/m0/s1. The second-order valence-corrected chi connectivity index (χ2v) is 12.1. The molecule has 9 heteroatoms. The summed E-state index contributed by atoms with van der Waals surface area (Å²) >= 11 is 5.86. The number of hydrogen-bond acceptors (Lipinski definition) is 5. The number of benzene rings is 2. The number of imidazole rings is 1. The van der Waals surface area contributed by atoms with Gasteiger partial charge in [-0.3, -0.25) is 0 Å². The van der Waals surface area contributed by atoms with Crippen LogP contribution in [0.2, 0.25) is 5.02 Å². The second kappa shape index (κ2) is 10.4. The van der Waals surface area contributed by atoms with Crippen LogP contribution in [0.25, 0.3) is 11.0 Å². The lowest BCUT2D eigenvalue weighted by Crippen LogP contribution is -2.32. The first-order valence-corrected chi connectivity index (χ1v) is 14.7. The molecule has 0 bridgehead atoms. The van der Waals surface area contributed by atoms with Crippen molar-refractivity contribution in [1.82, 2.24) is 14.5 Å². The van der Waals surface area contributed by atoms with Crippen molar-refractivity contribution in [2.45, 2.75) is 69.6 Å². The van der Waals surface area contributed by atoms with Gasteiger partial charge in [-0.2, -0.15) is 0 Å². The molecule has 7 rings (SSSR count). The molecule has 2 aromatic carbocycles. The Morgan fingerprint density at radius 1 is 1.12 bits per heavy atom. The lowest BCUT2D eigenvalue weighted by atomic mass is 9.77. The molecular weight excluding hydrogens is 545 g/mol. The number of aromatic carboxylic acids is 1. The van der Waals surface area contributed by atoms with Gasteiger partial charge in [-0.05, 0) is 80.3 Å². The van der Waals surface area contributed by atoms with Crippen LogP contribution in [0.3, 0.4) is 0 Å². The maximum atomic E-state index is 14.2. The van der Waals surface area contributed by atoms with Gasteiger partial charge in [-0.1, -0.05) is 23.7 Å². The third-order valence-corrected chi connectivity index (χ3v) is 9.48. The van der Waals surface area contributed by atoms with Crippen LogP contribution in [0.4, 0.5) is 4.39 Å². The largest absolute Gasteiger partial charge is 0.478 e. The fraction of sp³-hybridized carbons (Fsp3) is 0.406. The molecule has 0 amide bonds. The summed E-state index contributed by atoms with van der Waals surface area (Å²) in [4.78, 5) is 21.5. The van der Waals surface area contributed by atoms with Crippen molar-refractivity contribution in [2.75, 3.05) is 6.61 Å². The summed E-state index contributed by atoms with van der Waals surface area (Å²) in [5.74, 6) is 0.955. The molecular formula is C32H31ClFN3O4. The maximum absolute atomic E-state index is 14.2.